The maximum atomic E-state index is 12.0. The van der Waals surface area contributed by atoms with Crippen molar-refractivity contribution in [2.24, 2.45) is 11.7 Å². The molecule has 124 valence electrons. The minimum absolute atomic E-state index is 0.179. The Balaban J connectivity index is 2.32. The lowest BCUT2D eigenvalue weighted by Gasteiger charge is -2.33. The minimum atomic E-state index is -0.485. The van der Waals surface area contributed by atoms with Gasteiger partial charge >= 0.3 is 0 Å². The Morgan fingerprint density at radius 1 is 1.24 bits per heavy atom. The Bertz CT molecular complexity index is 297. The third-order valence-electron chi connectivity index (χ3n) is 4.70. The molecule has 1 rings (SSSR count). The molecule has 0 aromatic heterocycles. The third-order valence-corrected chi connectivity index (χ3v) is 4.70. The number of carbonyl (C=O) groups excluding carboxylic acids is 1. The van der Waals surface area contributed by atoms with Gasteiger partial charge in [0.15, 0.2) is 0 Å². The van der Waals surface area contributed by atoms with Crippen molar-refractivity contribution in [1.29, 1.82) is 0 Å². The average molecular weight is 298 g/mol. The van der Waals surface area contributed by atoms with Crippen LogP contribution in [0.1, 0.15) is 71.6 Å². The summed E-state index contributed by atoms with van der Waals surface area (Å²) in [6, 6.07) is 0. The van der Waals surface area contributed by atoms with Crippen molar-refractivity contribution in [2.75, 3.05) is 19.8 Å². The maximum absolute atomic E-state index is 12.0. The number of nitrogens with two attached hydrogens (primary N) is 1. The topological polar surface area (TPSA) is 64.3 Å². The molecule has 4 heteroatoms. The van der Waals surface area contributed by atoms with Gasteiger partial charge in [0.05, 0.1) is 0 Å². The van der Waals surface area contributed by atoms with Crippen molar-refractivity contribution < 1.29 is 9.53 Å². The van der Waals surface area contributed by atoms with E-state index in [-0.39, 0.29) is 5.91 Å². The third kappa shape index (κ3) is 5.59. The first kappa shape index (κ1) is 18.4. The molecule has 2 unspecified atom stereocenters. The first-order valence-electron chi connectivity index (χ1n) is 8.80. The molecule has 1 fully saturated rings. The second kappa shape index (κ2) is 10.2. The fourth-order valence-corrected chi connectivity index (χ4v) is 3.42. The summed E-state index contributed by atoms with van der Waals surface area (Å²) in [5, 5.41) is 3.43. The molecule has 1 amide bonds. The van der Waals surface area contributed by atoms with Crippen LogP contribution < -0.4 is 11.1 Å². The number of rotatable bonds is 12. The molecule has 0 radical (unpaired) electrons. The molecular formula is C17H34N2O2. The second-order valence-electron chi connectivity index (χ2n) is 6.31. The Labute approximate surface area is 130 Å². The Morgan fingerprint density at radius 2 is 2.05 bits per heavy atom. The van der Waals surface area contributed by atoms with Crippen molar-refractivity contribution in [3.8, 4) is 0 Å². The van der Waals surface area contributed by atoms with E-state index in [1.54, 1.807) is 0 Å². The number of primary amides is 1. The van der Waals surface area contributed by atoms with Crippen LogP contribution in [0.15, 0.2) is 0 Å². The highest BCUT2D eigenvalue weighted by Crippen LogP contribution is 2.37. The molecule has 4 nitrogen and oxygen atoms in total. The molecule has 0 heterocycles. The van der Waals surface area contributed by atoms with Gasteiger partial charge in [-0.15, -0.1) is 0 Å². The van der Waals surface area contributed by atoms with Crippen LogP contribution in [0.4, 0.5) is 0 Å². The second-order valence-corrected chi connectivity index (χ2v) is 6.31. The van der Waals surface area contributed by atoms with E-state index in [1.807, 2.05) is 0 Å². The van der Waals surface area contributed by atoms with Crippen molar-refractivity contribution in [1.82, 2.24) is 5.32 Å². The normalized spacial score (nSPS) is 25.3. The monoisotopic (exact) mass is 298 g/mol. The molecule has 21 heavy (non-hydrogen) atoms. The summed E-state index contributed by atoms with van der Waals surface area (Å²) in [5.74, 6) is 0.151. The number of hydrogen-bond donors (Lipinski definition) is 2. The molecule has 0 aliphatic heterocycles. The highest BCUT2D eigenvalue weighted by atomic mass is 16.5. The van der Waals surface area contributed by atoms with Crippen LogP contribution in [0.3, 0.4) is 0 Å². The van der Waals surface area contributed by atoms with Crippen LogP contribution in [0, 0.1) is 5.92 Å². The van der Waals surface area contributed by atoms with Crippen LogP contribution in [-0.4, -0.2) is 31.2 Å². The molecule has 0 spiro atoms. The van der Waals surface area contributed by atoms with Gasteiger partial charge in [-0.3, -0.25) is 4.79 Å². The molecule has 1 aliphatic carbocycles. The van der Waals surface area contributed by atoms with Crippen molar-refractivity contribution in [3.63, 3.8) is 0 Å². The van der Waals surface area contributed by atoms with Gasteiger partial charge in [0, 0.05) is 13.2 Å². The Morgan fingerprint density at radius 3 is 2.71 bits per heavy atom. The van der Waals surface area contributed by atoms with Gasteiger partial charge in [0.25, 0.3) is 0 Å². The minimum Gasteiger partial charge on any atom is -0.381 e. The zero-order valence-corrected chi connectivity index (χ0v) is 14.0. The molecule has 0 aromatic rings. The lowest BCUT2D eigenvalue weighted by atomic mass is 9.84. The number of nitrogens with one attached hydrogen (secondary N) is 1. The molecule has 3 N–H and O–H groups in total. The lowest BCUT2D eigenvalue weighted by Crippen LogP contribution is -2.58. The molecule has 0 saturated heterocycles. The Kier molecular flexibility index (Phi) is 8.93. The molecular weight excluding hydrogens is 264 g/mol. The zero-order chi connectivity index (χ0) is 15.6. The summed E-state index contributed by atoms with van der Waals surface area (Å²) >= 11 is 0. The van der Waals surface area contributed by atoms with Crippen molar-refractivity contribution in [2.45, 2.75) is 77.2 Å². The Hall–Kier alpha value is -0.610. The lowest BCUT2D eigenvalue weighted by molar-refractivity contribution is -0.126. The zero-order valence-electron chi connectivity index (χ0n) is 14.0. The molecule has 1 saturated carbocycles. The van der Waals surface area contributed by atoms with Gasteiger partial charge in [-0.2, -0.15) is 0 Å². The highest BCUT2D eigenvalue weighted by Gasteiger charge is 2.46. The van der Waals surface area contributed by atoms with E-state index in [0.29, 0.717) is 5.92 Å². The van der Waals surface area contributed by atoms with Crippen LogP contribution in [0.2, 0.25) is 0 Å². The molecule has 1 aliphatic rings. The van der Waals surface area contributed by atoms with E-state index in [1.165, 1.54) is 19.3 Å². The standard InChI is InChI=1S/C17H34N2O2/c1-3-5-6-7-13-21-14-10-15-9-8-11-17(15,16(18)20)19-12-4-2/h15,19H,3-14H2,1-2H3,(H2,18,20). The van der Waals surface area contributed by atoms with Gasteiger partial charge in [-0.05, 0) is 44.6 Å². The van der Waals surface area contributed by atoms with Crippen molar-refractivity contribution in [3.05, 3.63) is 0 Å². The molecule has 0 bridgehead atoms. The van der Waals surface area contributed by atoms with E-state index in [4.69, 9.17) is 10.5 Å². The number of carbonyl (C=O) groups is 1. The average Bonchev–Trinajstić information content (AvgIpc) is 2.88. The van der Waals surface area contributed by atoms with E-state index >= 15 is 0 Å². The fraction of sp³-hybridized carbons (Fsp3) is 0.941. The molecule has 0 aromatic carbocycles. The number of hydrogen-bond acceptors (Lipinski definition) is 3. The van der Waals surface area contributed by atoms with Crippen LogP contribution >= 0.6 is 0 Å². The fourth-order valence-electron chi connectivity index (χ4n) is 3.42. The van der Waals surface area contributed by atoms with Gasteiger partial charge < -0.3 is 15.8 Å². The summed E-state index contributed by atoms with van der Waals surface area (Å²) in [4.78, 5) is 12.0. The van der Waals surface area contributed by atoms with Gasteiger partial charge in [-0.1, -0.05) is 39.5 Å². The quantitative estimate of drug-likeness (QED) is 0.544. The SMILES string of the molecule is CCCCCCOCCC1CCCC1(NCCC)C(N)=O. The summed E-state index contributed by atoms with van der Waals surface area (Å²) < 4.78 is 5.74. The van der Waals surface area contributed by atoms with Crippen LogP contribution in [-0.2, 0) is 9.53 Å². The van der Waals surface area contributed by atoms with Crippen molar-refractivity contribution >= 4 is 5.91 Å². The summed E-state index contributed by atoms with van der Waals surface area (Å²) in [6.45, 7) is 6.79. The number of amides is 1. The van der Waals surface area contributed by atoms with Crippen LogP contribution in [0.5, 0.6) is 0 Å². The van der Waals surface area contributed by atoms with Crippen LogP contribution in [0.25, 0.3) is 0 Å². The van der Waals surface area contributed by atoms with E-state index in [2.05, 4.69) is 19.2 Å². The smallest absolute Gasteiger partial charge is 0.238 e. The maximum Gasteiger partial charge on any atom is 0.238 e. The van der Waals surface area contributed by atoms with Gasteiger partial charge in [0.2, 0.25) is 5.91 Å². The summed E-state index contributed by atoms with van der Waals surface area (Å²) in [6.07, 6.45) is 9.95. The van der Waals surface area contributed by atoms with E-state index < -0.39 is 5.54 Å². The molecule has 2 atom stereocenters. The van der Waals surface area contributed by atoms with E-state index in [9.17, 15) is 4.79 Å². The van der Waals surface area contributed by atoms with Gasteiger partial charge in [0.1, 0.15) is 5.54 Å². The van der Waals surface area contributed by atoms with Gasteiger partial charge in [-0.25, -0.2) is 0 Å². The summed E-state index contributed by atoms with van der Waals surface area (Å²) in [5.41, 5.74) is 5.22. The number of unbranched alkanes of at least 4 members (excludes halogenated alkanes) is 3. The largest absolute Gasteiger partial charge is 0.381 e. The highest BCUT2D eigenvalue weighted by molar-refractivity contribution is 5.85. The number of ether oxygens (including phenoxy) is 1. The summed E-state index contributed by atoms with van der Waals surface area (Å²) in [7, 11) is 0. The predicted octanol–water partition coefficient (Wildman–Crippen LogP) is 3.00. The van der Waals surface area contributed by atoms with E-state index in [0.717, 1.165) is 58.3 Å². The first-order valence-corrected chi connectivity index (χ1v) is 8.80. The first-order chi connectivity index (χ1) is 10.2. The predicted molar refractivity (Wildman–Crippen MR) is 87.1 cm³/mol.